The van der Waals surface area contributed by atoms with Crippen molar-refractivity contribution < 1.29 is 21.6 Å². The van der Waals surface area contributed by atoms with E-state index in [1.54, 1.807) is 6.92 Å². The molecule has 3 rings (SSSR count). The molecule has 6 nitrogen and oxygen atoms in total. The SMILES string of the molecule is CCc1c(N2CCC(C)(N(CC)CC)C2)cc(F)c(S(=O)(=O)Nc2cccc(F)n2)c1F. The Morgan fingerprint density at radius 3 is 2.47 bits per heavy atom. The molecular formula is C22H29F3N4O2S. The molecule has 0 radical (unpaired) electrons. The van der Waals surface area contributed by atoms with Gasteiger partial charge >= 0.3 is 0 Å². The topological polar surface area (TPSA) is 65.5 Å². The van der Waals surface area contributed by atoms with E-state index in [9.17, 15) is 12.8 Å². The van der Waals surface area contributed by atoms with Gasteiger partial charge in [0.1, 0.15) is 11.6 Å². The Labute approximate surface area is 187 Å². The van der Waals surface area contributed by atoms with Crippen molar-refractivity contribution in [2.45, 2.75) is 51.0 Å². The number of hydrogen-bond acceptors (Lipinski definition) is 5. The van der Waals surface area contributed by atoms with Gasteiger partial charge in [-0.3, -0.25) is 9.62 Å². The van der Waals surface area contributed by atoms with Crippen LogP contribution in [0, 0.1) is 17.6 Å². The van der Waals surface area contributed by atoms with Crippen LogP contribution in [-0.4, -0.2) is 50.0 Å². The number of halogens is 3. The average molecular weight is 471 g/mol. The summed E-state index contributed by atoms with van der Waals surface area (Å²) >= 11 is 0. The zero-order chi connectivity index (χ0) is 23.7. The van der Waals surface area contributed by atoms with E-state index in [4.69, 9.17) is 0 Å². The molecule has 1 aromatic heterocycles. The van der Waals surface area contributed by atoms with Crippen molar-refractivity contribution in [1.82, 2.24) is 9.88 Å². The lowest BCUT2D eigenvalue weighted by Gasteiger charge is -2.37. The number of pyridine rings is 1. The highest BCUT2D eigenvalue weighted by molar-refractivity contribution is 7.92. The van der Waals surface area contributed by atoms with Crippen molar-refractivity contribution >= 4 is 21.5 Å². The zero-order valence-electron chi connectivity index (χ0n) is 18.8. The van der Waals surface area contributed by atoms with E-state index in [1.807, 2.05) is 9.62 Å². The molecule has 1 fully saturated rings. The molecule has 2 heterocycles. The first-order valence-corrected chi connectivity index (χ1v) is 12.2. The Kier molecular flexibility index (Phi) is 7.04. The molecule has 0 aliphatic carbocycles. The Morgan fingerprint density at radius 1 is 1.19 bits per heavy atom. The first-order valence-electron chi connectivity index (χ1n) is 10.7. The molecule has 1 saturated heterocycles. The lowest BCUT2D eigenvalue weighted by atomic mass is 9.99. The summed E-state index contributed by atoms with van der Waals surface area (Å²) in [4.78, 5) is 6.55. The third kappa shape index (κ3) is 4.56. The van der Waals surface area contributed by atoms with Gasteiger partial charge in [0.2, 0.25) is 5.95 Å². The summed E-state index contributed by atoms with van der Waals surface area (Å²) in [6.07, 6.45) is 1.01. The van der Waals surface area contributed by atoms with Gasteiger partial charge in [0, 0.05) is 29.9 Å². The summed E-state index contributed by atoms with van der Waals surface area (Å²) in [7, 11) is -4.66. The minimum absolute atomic E-state index is 0.128. The average Bonchev–Trinajstić information content (AvgIpc) is 3.10. The first kappa shape index (κ1) is 24.3. The van der Waals surface area contributed by atoms with Gasteiger partial charge in [-0.15, -0.1) is 0 Å². The van der Waals surface area contributed by atoms with Gasteiger partial charge in [-0.25, -0.2) is 22.2 Å². The van der Waals surface area contributed by atoms with Gasteiger partial charge in [0.15, 0.2) is 10.7 Å². The number of likely N-dealkylation sites (N-methyl/N-ethyl adjacent to an activating group) is 1. The van der Waals surface area contributed by atoms with E-state index in [0.29, 0.717) is 18.8 Å². The van der Waals surface area contributed by atoms with E-state index < -0.39 is 32.5 Å². The smallest absolute Gasteiger partial charge is 0.268 e. The number of sulfonamides is 1. The van der Waals surface area contributed by atoms with Crippen molar-refractivity contribution in [2.75, 3.05) is 35.8 Å². The maximum atomic E-state index is 15.4. The molecular weight excluding hydrogens is 441 g/mol. The van der Waals surface area contributed by atoms with E-state index in [1.165, 1.54) is 12.1 Å². The summed E-state index contributed by atoms with van der Waals surface area (Å²) in [5.41, 5.74) is 0.348. The highest BCUT2D eigenvalue weighted by Crippen LogP contribution is 2.37. The Morgan fingerprint density at radius 2 is 1.88 bits per heavy atom. The molecule has 0 saturated carbocycles. The fourth-order valence-electron chi connectivity index (χ4n) is 4.54. The fourth-order valence-corrected chi connectivity index (χ4v) is 5.71. The highest BCUT2D eigenvalue weighted by Gasteiger charge is 2.39. The van der Waals surface area contributed by atoms with Crippen LogP contribution in [0.5, 0.6) is 0 Å². The first-order chi connectivity index (χ1) is 15.1. The van der Waals surface area contributed by atoms with Crippen LogP contribution in [0.1, 0.15) is 39.7 Å². The maximum absolute atomic E-state index is 15.4. The summed E-state index contributed by atoms with van der Waals surface area (Å²) in [6, 6.07) is 4.56. The number of nitrogens with zero attached hydrogens (tertiary/aromatic N) is 3. The molecule has 1 aliphatic rings. The molecule has 176 valence electrons. The summed E-state index contributed by atoms with van der Waals surface area (Å²) in [5.74, 6) is -3.61. The summed E-state index contributed by atoms with van der Waals surface area (Å²) in [6.45, 7) is 10.9. The van der Waals surface area contributed by atoms with Gasteiger partial charge in [-0.05, 0) is 51.1 Å². The summed E-state index contributed by atoms with van der Waals surface area (Å²) in [5, 5.41) is 0. The maximum Gasteiger partial charge on any atom is 0.268 e. The van der Waals surface area contributed by atoms with Crippen molar-refractivity contribution in [2.24, 2.45) is 0 Å². The van der Waals surface area contributed by atoms with Crippen LogP contribution in [0.3, 0.4) is 0 Å². The van der Waals surface area contributed by atoms with Crippen LogP contribution in [0.15, 0.2) is 29.2 Å². The van der Waals surface area contributed by atoms with E-state index >= 15 is 8.78 Å². The molecule has 0 amide bonds. The molecule has 1 N–H and O–H groups in total. The number of nitrogens with one attached hydrogen (secondary N) is 1. The Hall–Kier alpha value is -2.33. The number of benzene rings is 1. The normalized spacial score (nSPS) is 19.1. The monoisotopic (exact) mass is 470 g/mol. The molecule has 1 atom stereocenters. The second-order valence-electron chi connectivity index (χ2n) is 8.14. The number of rotatable bonds is 8. The minimum atomic E-state index is -4.66. The molecule has 1 aliphatic heterocycles. The second kappa shape index (κ2) is 9.27. The third-order valence-corrected chi connectivity index (χ3v) is 7.54. The molecule has 2 aromatic rings. The lowest BCUT2D eigenvalue weighted by molar-refractivity contribution is 0.137. The van der Waals surface area contributed by atoms with E-state index in [2.05, 4.69) is 30.7 Å². The molecule has 1 unspecified atom stereocenters. The van der Waals surface area contributed by atoms with Crippen LogP contribution < -0.4 is 9.62 Å². The molecule has 1 aromatic carbocycles. The van der Waals surface area contributed by atoms with Crippen molar-refractivity contribution in [3.8, 4) is 0 Å². The van der Waals surface area contributed by atoms with Crippen LogP contribution in [0.4, 0.5) is 24.7 Å². The second-order valence-corrected chi connectivity index (χ2v) is 9.76. The standard InChI is InChI=1S/C22H29F3N4O2S/c1-5-15-17(28-12-11-22(4,14-28)29(6-2)7-3)13-16(23)21(20(15)25)32(30,31)27-19-10-8-9-18(24)26-19/h8-10,13H,5-7,11-12,14H2,1-4H3,(H,26,27). The molecule has 10 heteroatoms. The quantitative estimate of drug-likeness (QED) is 0.587. The molecule has 0 bridgehead atoms. The van der Waals surface area contributed by atoms with Crippen molar-refractivity contribution in [3.63, 3.8) is 0 Å². The minimum Gasteiger partial charge on any atom is -0.369 e. The van der Waals surface area contributed by atoms with Crippen LogP contribution in [-0.2, 0) is 16.4 Å². The molecule has 32 heavy (non-hydrogen) atoms. The van der Waals surface area contributed by atoms with Gasteiger partial charge in [0.25, 0.3) is 10.0 Å². The third-order valence-electron chi connectivity index (χ3n) is 6.15. The van der Waals surface area contributed by atoms with E-state index in [-0.39, 0.29) is 23.3 Å². The Bertz CT molecular complexity index is 1090. The lowest BCUT2D eigenvalue weighted by Crippen LogP contribution is -2.48. The van der Waals surface area contributed by atoms with Crippen molar-refractivity contribution in [3.05, 3.63) is 47.4 Å². The predicted octanol–water partition coefficient (Wildman–Crippen LogP) is 4.17. The van der Waals surface area contributed by atoms with Crippen LogP contribution >= 0.6 is 0 Å². The van der Waals surface area contributed by atoms with Gasteiger partial charge in [-0.2, -0.15) is 4.39 Å². The largest absolute Gasteiger partial charge is 0.369 e. The van der Waals surface area contributed by atoms with Crippen LogP contribution in [0.25, 0.3) is 0 Å². The summed E-state index contributed by atoms with van der Waals surface area (Å²) < 4.78 is 71.2. The highest BCUT2D eigenvalue weighted by atomic mass is 32.2. The number of aromatic nitrogens is 1. The molecule has 0 spiro atoms. The Balaban J connectivity index is 1.99. The zero-order valence-corrected chi connectivity index (χ0v) is 19.6. The predicted molar refractivity (Wildman–Crippen MR) is 119 cm³/mol. The number of hydrogen-bond donors (Lipinski definition) is 1. The van der Waals surface area contributed by atoms with Gasteiger partial charge in [0.05, 0.1) is 0 Å². The van der Waals surface area contributed by atoms with E-state index in [0.717, 1.165) is 31.6 Å². The van der Waals surface area contributed by atoms with Gasteiger partial charge < -0.3 is 4.90 Å². The fraction of sp³-hybridized carbons (Fsp3) is 0.500. The van der Waals surface area contributed by atoms with Gasteiger partial charge in [-0.1, -0.05) is 26.8 Å². The van der Waals surface area contributed by atoms with Crippen LogP contribution in [0.2, 0.25) is 0 Å². The number of anilines is 2. The van der Waals surface area contributed by atoms with Crippen molar-refractivity contribution in [1.29, 1.82) is 0 Å².